The van der Waals surface area contributed by atoms with Gasteiger partial charge in [-0.25, -0.2) is 22.5 Å². The van der Waals surface area contributed by atoms with E-state index >= 15 is 0 Å². The van der Waals surface area contributed by atoms with Gasteiger partial charge in [0.1, 0.15) is 11.6 Å². The molecule has 1 aliphatic rings. The Kier molecular flexibility index (Phi) is 8.11. The first-order valence-electron chi connectivity index (χ1n) is 13.0. The van der Waals surface area contributed by atoms with Crippen molar-refractivity contribution in [3.8, 4) is 0 Å². The zero-order valence-corrected chi connectivity index (χ0v) is 23.1. The lowest BCUT2D eigenvalue weighted by atomic mass is 10.0. The predicted molar refractivity (Wildman–Crippen MR) is 149 cm³/mol. The minimum absolute atomic E-state index is 0.00314. The summed E-state index contributed by atoms with van der Waals surface area (Å²) >= 11 is 0. The summed E-state index contributed by atoms with van der Waals surface area (Å²) in [4.78, 5) is 19.9. The lowest BCUT2D eigenvalue weighted by molar-refractivity contribution is -0.121. The summed E-state index contributed by atoms with van der Waals surface area (Å²) in [6.07, 6.45) is 4.46. The van der Waals surface area contributed by atoms with Crippen LogP contribution in [0.15, 0.2) is 90.1 Å². The van der Waals surface area contributed by atoms with E-state index in [2.05, 4.69) is 9.71 Å². The maximum atomic E-state index is 13.8. The molecule has 1 N–H and O–H groups in total. The second-order valence-electron chi connectivity index (χ2n) is 9.82. The van der Waals surface area contributed by atoms with Crippen LogP contribution in [0.5, 0.6) is 0 Å². The summed E-state index contributed by atoms with van der Waals surface area (Å²) in [5.41, 5.74) is 3.37. The number of aromatic nitrogens is 2. The number of anilines is 1. The number of fused-ring (bicyclic) bond motifs is 1. The van der Waals surface area contributed by atoms with Crippen molar-refractivity contribution in [2.75, 3.05) is 12.0 Å². The highest BCUT2D eigenvalue weighted by molar-refractivity contribution is 7.89. The SMILES string of the molecule is CO[C@@H](CC(=O)N(Cc1nccn1C)c1ccc2c(c1)[C@H](NS(=O)(=O)c1ccc(F)cc1)CC2)c1ccccc1. The molecule has 0 unspecified atom stereocenters. The smallest absolute Gasteiger partial charge is 0.241 e. The van der Waals surface area contributed by atoms with Gasteiger partial charge in [0.25, 0.3) is 0 Å². The van der Waals surface area contributed by atoms with E-state index in [-0.39, 0.29) is 23.8 Å². The molecule has 10 heteroatoms. The Labute approximate surface area is 233 Å². The van der Waals surface area contributed by atoms with Crippen molar-refractivity contribution in [2.24, 2.45) is 7.05 Å². The van der Waals surface area contributed by atoms with Crippen molar-refractivity contribution in [3.63, 3.8) is 0 Å². The quantitative estimate of drug-likeness (QED) is 0.299. The highest BCUT2D eigenvalue weighted by Crippen LogP contribution is 2.36. The van der Waals surface area contributed by atoms with E-state index in [0.29, 0.717) is 24.4 Å². The van der Waals surface area contributed by atoms with Gasteiger partial charge in [-0.1, -0.05) is 36.4 Å². The number of nitrogens with zero attached hydrogens (tertiary/aromatic N) is 3. The van der Waals surface area contributed by atoms with Crippen LogP contribution in [0.3, 0.4) is 0 Å². The highest BCUT2D eigenvalue weighted by Gasteiger charge is 2.30. The van der Waals surface area contributed by atoms with Gasteiger partial charge >= 0.3 is 0 Å². The monoisotopic (exact) mass is 562 g/mol. The van der Waals surface area contributed by atoms with Gasteiger partial charge < -0.3 is 14.2 Å². The van der Waals surface area contributed by atoms with Crippen molar-refractivity contribution in [1.29, 1.82) is 0 Å². The number of amides is 1. The summed E-state index contributed by atoms with van der Waals surface area (Å²) < 4.78 is 49.8. The molecule has 3 aromatic carbocycles. The molecule has 5 rings (SSSR count). The van der Waals surface area contributed by atoms with Crippen molar-refractivity contribution < 1.29 is 22.3 Å². The lowest BCUT2D eigenvalue weighted by Gasteiger charge is -2.26. The van der Waals surface area contributed by atoms with Crippen LogP contribution in [-0.4, -0.2) is 31.0 Å². The molecule has 2 atom stereocenters. The molecule has 0 saturated carbocycles. The second kappa shape index (κ2) is 11.7. The average molecular weight is 563 g/mol. The molecule has 1 aliphatic carbocycles. The zero-order valence-electron chi connectivity index (χ0n) is 22.3. The highest BCUT2D eigenvalue weighted by atomic mass is 32.2. The number of benzene rings is 3. The number of hydrogen-bond donors (Lipinski definition) is 1. The maximum Gasteiger partial charge on any atom is 0.241 e. The fourth-order valence-electron chi connectivity index (χ4n) is 5.04. The number of rotatable bonds is 10. The Morgan fingerprint density at radius 2 is 1.90 bits per heavy atom. The number of imidazole rings is 1. The molecule has 208 valence electrons. The molecule has 8 nitrogen and oxygen atoms in total. The molecule has 1 aromatic heterocycles. The molecule has 40 heavy (non-hydrogen) atoms. The molecule has 4 aromatic rings. The largest absolute Gasteiger partial charge is 0.376 e. The van der Waals surface area contributed by atoms with Gasteiger partial charge in [0.15, 0.2) is 0 Å². The topological polar surface area (TPSA) is 93.5 Å². The zero-order chi connectivity index (χ0) is 28.3. The Hall–Kier alpha value is -3.86. The fourth-order valence-corrected chi connectivity index (χ4v) is 6.29. The van der Waals surface area contributed by atoms with Crippen LogP contribution < -0.4 is 9.62 Å². The summed E-state index contributed by atoms with van der Waals surface area (Å²) in [5.74, 6) is 0.0476. The van der Waals surface area contributed by atoms with E-state index < -0.39 is 28.0 Å². The standard InChI is InChI=1S/C30H31FN4O4S/c1-34-17-16-32-29(34)20-35(30(36)19-28(39-2)22-6-4-3-5-7-22)24-12-8-21-9-15-27(26(21)18-24)33-40(37,38)25-13-10-23(31)11-14-25/h3-8,10-14,16-18,27-28,33H,9,15,19-20H2,1-2H3/t27-,28+/m1/s1. The Morgan fingerprint density at radius 1 is 1.15 bits per heavy atom. The summed E-state index contributed by atoms with van der Waals surface area (Å²) in [6.45, 7) is 0.234. The number of carbonyl (C=O) groups excluding carboxylic acids is 1. The van der Waals surface area contributed by atoms with Crippen molar-refractivity contribution in [3.05, 3.63) is 114 Å². The third kappa shape index (κ3) is 5.99. The molecule has 0 spiro atoms. The Bertz CT molecular complexity index is 1590. The minimum Gasteiger partial charge on any atom is -0.376 e. The first-order valence-corrected chi connectivity index (χ1v) is 14.5. The average Bonchev–Trinajstić information content (AvgIpc) is 3.55. The molecule has 1 amide bonds. The number of ether oxygens (including phenoxy) is 1. The van der Waals surface area contributed by atoms with E-state index in [1.54, 1.807) is 18.2 Å². The van der Waals surface area contributed by atoms with E-state index in [4.69, 9.17) is 4.74 Å². The molecule has 0 fully saturated rings. The number of carbonyl (C=O) groups is 1. The van der Waals surface area contributed by atoms with Gasteiger partial charge in [-0.15, -0.1) is 0 Å². The van der Waals surface area contributed by atoms with Gasteiger partial charge in [0.05, 0.1) is 24.0 Å². The van der Waals surface area contributed by atoms with Crippen LogP contribution in [0.25, 0.3) is 0 Å². The molecule has 0 saturated heterocycles. The van der Waals surface area contributed by atoms with Crippen molar-refractivity contribution in [1.82, 2.24) is 14.3 Å². The number of methoxy groups -OCH3 is 1. The number of nitrogens with one attached hydrogen (secondary N) is 1. The molecule has 1 heterocycles. The van der Waals surface area contributed by atoms with E-state index in [9.17, 15) is 17.6 Å². The van der Waals surface area contributed by atoms with Crippen LogP contribution >= 0.6 is 0 Å². The van der Waals surface area contributed by atoms with Crippen LogP contribution in [0, 0.1) is 5.82 Å². The van der Waals surface area contributed by atoms with Gasteiger partial charge in [-0.2, -0.15) is 0 Å². The van der Waals surface area contributed by atoms with E-state index in [1.165, 1.54) is 12.1 Å². The van der Waals surface area contributed by atoms with Gasteiger partial charge in [-0.05, 0) is 65.9 Å². The third-order valence-corrected chi connectivity index (χ3v) is 8.77. The molecular weight excluding hydrogens is 531 g/mol. The number of halogens is 1. The summed E-state index contributed by atoms with van der Waals surface area (Å²) in [6, 6.07) is 19.6. The Morgan fingerprint density at radius 3 is 2.58 bits per heavy atom. The third-order valence-electron chi connectivity index (χ3n) is 7.28. The van der Waals surface area contributed by atoms with Crippen LogP contribution in [0.2, 0.25) is 0 Å². The summed E-state index contributed by atoms with van der Waals surface area (Å²) in [5, 5.41) is 0. The molecule has 0 bridgehead atoms. The predicted octanol–water partition coefficient (Wildman–Crippen LogP) is 4.84. The van der Waals surface area contributed by atoms with Crippen LogP contribution in [0.1, 0.15) is 47.5 Å². The molecule has 0 radical (unpaired) electrons. The number of aryl methyl sites for hydroxylation is 2. The van der Waals surface area contributed by atoms with E-state index in [1.807, 2.05) is 66.3 Å². The lowest BCUT2D eigenvalue weighted by Crippen LogP contribution is -2.33. The molecule has 0 aliphatic heterocycles. The minimum atomic E-state index is -3.88. The van der Waals surface area contributed by atoms with Crippen LogP contribution in [0.4, 0.5) is 10.1 Å². The molecular formula is C30H31FN4O4S. The summed E-state index contributed by atoms with van der Waals surface area (Å²) in [7, 11) is -0.421. The Balaban J connectivity index is 1.44. The normalized spacial score (nSPS) is 15.5. The fraction of sp³-hybridized carbons (Fsp3) is 0.267. The first-order chi connectivity index (χ1) is 19.2. The first kappa shape index (κ1) is 27.7. The number of sulfonamides is 1. The number of hydrogen-bond acceptors (Lipinski definition) is 5. The van der Waals surface area contributed by atoms with Gasteiger partial charge in [-0.3, -0.25) is 4.79 Å². The van der Waals surface area contributed by atoms with E-state index in [0.717, 1.165) is 28.8 Å². The van der Waals surface area contributed by atoms with Gasteiger partial charge in [0, 0.05) is 38.3 Å². The van der Waals surface area contributed by atoms with Crippen LogP contribution in [-0.2, 0) is 39.6 Å². The van der Waals surface area contributed by atoms with Gasteiger partial charge in [0.2, 0.25) is 15.9 Å². The maximum absolute atomic E-state index is 13.8. The van der Waals surface area contributed by atoms with Crippen molar-refractivity contribution in [2.45, 2.75) is 42.8 Å². The second-order valence-corrected chi connectivity index (χ2v) is 11.5. The van der Waals surface area contributed by atoms with Crippen molar-refractivity contribution >= 4 is 21.6 Å².